The Balaban J connectivity index is 1.32. The van der Waals surface area contributed by atoms with Gasteiger partial charge >= 0.3 is 0 Å². The van der Waals surface area contributed by atoms with Gasteiger partial charge in [0.15, 0.2) is 5.60 Å². The number of hydrogen-bond acceptors (Lipinski definition) is 6. The third-order valence-corrected chi connectivity index (χ3v) is 7.90. The van der Waals surface area contributed by atoms with Gasteiger partial charge in [0.05, 0.1) is 17.5 Å². The number of hydrogen-bond donors (Lipinski definition) is 2. The Morgan fingerprint density at radius 2 is 1.88 bits per heavy atom. The molecule has 2 N–H and O–H groups in total. The minimum Gasteiger partial charge on any atom is -0.476 e. The quantitative estimate of drug-likeness (QED) is 0.442. The highest BCUT2D eigenvalue weighted by molar-refractivity contribution is 6.04. The average molecular weight is 549 g/mol. The van der Waals surface area contributed by atoms with Crippen LogP contribution in [0.4, 0.5) is 11.4 Å². The van der Waals surface area contributed by atoms with Gasteiger partial charge in [-0.25, -0.2) is 0 Å². The Bertz CT molecular complexity index is 1230. The van der Waals surface area contributed by atoms with Crippen LogP contribution in [0.25, 0.3) is 0 Å². The Morgan fingerprint density at radius 1 is 1.12 bits per heavy atom. The minimum atomic E-state index is -0.975. The highest BCUT2D eigenvalue weighted by Crippen LogP contribution is 2.43. The molecule has 1 aliphatic carbocycles. The summed E-state index contributed by atoms with van der Waals surface area (Å²) in [6.45, 7) is 6.15. The fraction of sp³-hybridized carbons (Fsp3) is 0.516. The number of carbonyl (C=O) groups excluding carboxylic acids is 3. The molecule has 2 aliphatic heterocycles. The van der Waals surface area contributed by atoms with Crippen LogP contribution in [-0.2, 0) is 25.7 Å². The van der Waals surface area contributed by atoms with Crippen molar-refractivity contribution < 1.29 is 23.9 Å². The molecule has 3 amide bonds. The molecule has 5 rings (SSSR count). The van der Waals surface area contributed by atoms with Crippen molar-refractivity contribution in [3.8, 4) is 5.75 Å². The fourth-order valence-electron chi connectivity index (χ4n) is 5.60. The molecule has 2 aromatic rings. The van der Waals surface area contributed by atoms with Gasteiger partial charge in [-0.15, -0.1) is 0 Å². The molecule has 1 saturated carbocycles. The smallest absolute Gasteiger partial charge is 0.270 e. The molecule has 0 bridgehead atoms. The Hall–Kier alpha value is -3.43. The van der Waals surface area contributed by atoms with E-state index < -0.39 is 5.60 Å². The molecule has 2 heterocycles. The summed E-state index contributed by atoms with van der Waals surface area (Å²) < 4.78 is 11.3. The lowest BCUT2D eigenvalue weighted by atomic mass is 9.88. The molecule has 2 atom stereocenters. The van der Waals surface area contributed by atoms with Crippen molar-refractivity contribution in [1.82, 2.24) is 10.6 Å². The van der Waals surface area contributed by atoms with Gasteiger partial charge < -0.3 is 29.9 Å². The van der Waals surface area contributed by atoms with Crippen molar-refractivity contribution in [3.63, 3.8) is 0 Å². The van der Waals surface area contributed by atoms with Gasteiger partial charge in [-0.2, -0.15) is 0 Å². The molecule has 3 aliphatic rings. The number of piperidine rings is 1. The first-order chi connectivity index (χ1) is 19.3. The highest BCUT2D eigenvalue weighted by atomic mass is 16.5. The first-order valence-corrected chi connectivity index (χ1v) is 14.3. The zero-order valence-corrected chi connectivity index (χ0v) is 23.7. The maximum Gasteiger partial charge on any atom is 0.270 e. The van der Waals surface area contributed by atoms with Crippen molar-refractivity contribution in [1.29, 1.82) is 0 Å². The highest BCUT2D eigenvalue weighted by Gasteiger charge is 2.43. The number of amides is 3. The second-order valence-electron chi connectivity index (χ2n) is 11.5. The standard InChI is InChI=1S/C31H40N4O5/c1-31(2)30(38)34(14-7-15-39-3)26-17-25(12-13-27(26)40-31)35(24-10-11-24)29(37)23-16-22(19-32-20-23)28(36)33-18-21-8-5-4-6-9-21/h4-6,8-9,12-13,17,22-24,32H,7,10-11,14-16,18-20H2,1-3H3,(H,33,36)/t22-,23+/m0/s1. The van der Waals surface area contributed by atoms with E-state index in [1.165, 1.54) is 0 Å². The van der Waals surface area contributed by atoms with Crippen LogP contribution in [0.3, 0.4) is 0 Å². The number of fused-ring (bicyclic) bond motifs is 1. The number of methoxy groups -OCH3 is 1. The predicted octanol–water partition coefficient (Wildman–Crippen LogP) is 3.26. The van der Waals surface area contributed by atoms with Crippen molar-refractivity contribution >= 4 is 29.1 Å². The lowest BCUT2D eigenvalue weighted by molar-refractivity contribution is -0.132. The van der Waals surface area contributed by atoms with E-state index in [9.17, 15) is 14.4 Å². The van der Waals surface area contributed by atoms with Crippen LogP contribution < -0.4 is 25.2 Å². The van der Waals surface area contributed by atoms with Crippen LogP contribution in [0, 0.1) is 11.8 Å². The first-order valence-electron chi connectivity index (χ1n) is 14.3. The molecular weight excluding hydrogens is 508 g/mol. The molecule has 2 aromatic carbocycles. The molecule has 40 heavy (non-hydrogen) atoms. The summed E-state index contributed by atoms with van der Waals surface area (Å²) >= 11 is 0. The summed E-state index contributed by atoms with van der Waals surface area (Å²) in [5.41, 5.74) is 1.50. The molecular formula is C31H40N4O5. The summed E-state index contributed by atoms with van der Waals surface area (Å²) in [6, 6.07) is 15.6. The van der Waals surface area contributed by atoms with Crippen molar-refractivity contribution in [2.75, 3.05) is 43.2 Å². The zero-order chi connectivity index (χ0) is 28.3. The van der Waals surface area contributed by atoms with E-state index in [-0.39, 0.29) is 35.6 Å². The largest absolute Gasteiger partial charge is 0.476 e. The summed E-state index contributed by atoms with van der Waals surface area (Å²) in [4.78, 5) is 43.9. The molecule has 0 spiro atoms. The molecule has 0 aromatic heterocycles. The average Bonchev–Trinajstić information content (AvgIpc) is 3.80. The predicted molar refractivity (Wildman–Crippen MR) is 153 cm³/mol. The van der Waals surface area contributed by atoms with Gasteiger partial charge in [-0.1, -0.05) is 30.3 Å². The van der Waals surface area contributed by atoms with Gasteiger partial charge in [-0.05, 0) is 63.3 Å². The summed E-state index contributed by atoms with van der Waals surface area (Å²) in [5, 5.41) is 6.35. The molecule has 0 radical (unpaired) electrons. The van der Waals surface area contributed by atoms with Crippen LogP contribution in [0.5, 0.6) is 5.75 Å². The monoisotopic (exact) mass is 548 g/mol. The number of nitrogens with zero attached hydrogens (tertiary/aromatic N) is 2. The van der Waals surface area contributed by atoms with Crippen LogP contribution in [0.2, 0.25) is 0 Å². The van der Waals surface area contributed by atoms with E-state index in [0.717, 1.165) is 24.1 Å². The third kappa shape index (κ3) is 6.15. The van der Waals surface area contributed by atoms with Crippen molar-refractivity contribution in [3.05, 3.63) is 54.1 Å². The number of benzene rings is 2. The minimum absolute atomic E-state index is 0.0184. The maximum atomic E-state index is 14.0. The normalized spacial score (nSPS) is 21.8. The van der Waals surface area contributed by atoms with Gasteiger partial charge in [0.1, 0.15) is 5.75 Å². The van der Waals surface area contributed by atoms with Crippen LogP contribution >= 0.6 is 0 Å². The zero-order valence-electron chi connectivity index (χ0n) is 23.7. The van der Waals surface area contributed by atoms with Gasteiger partial charge in [0.2, 0.25) is 11.8 Å². The molecule has 1 saturated heterocycles. The van der Waals surface area contributed by atoms with Crippen LogP contribution in [0.1, 0.15) is 45.1 Å². The lowest BCUT2D eigenvalue weighted by Gasteiger charge is -2.39. The van der Waals surface area contributed by atoms with E-state index in [1.807, 2.05) is 53.4 Å². The van der Waals surface area contributed by atoms with Crippen molar-refractivity contribution in [2.45, 2.75) is 57.7 Å². The number of carbonyl (C=O) groups is 3. The Labute approximate surface area is 236 Å². The second-order valence-corrected chi connectivity index (χ2v) is 11.5. The second kappa shape index (κ2) is 12.0. The van der Waals surface area contributed by atoms with Gasteiger partial charge in [0.25, 0.3) is 5.91 Å². The molecule has 9 nitrogen and oxygen atoms in total. The van der Waals surface area contributed by atoms with Gasteiger partial charge in [-0.3, -0.25) is 14.4 Å². The van der Waals surface area contributed by atoms with E-state index in [1.54, 1.807) is 25.9 Å². The van der Waals surface area contributed by atoms with Crippen molar-refractivity contribution in [2.24, 2.45) is 11.8 Å². The number of rotatable bonds is 10. The topological polar surface area (TPSA) is 100 Å². The Kier molecular flexibility index (Phi) is 8.42. The molecule has 214 valence electrons. The summed E-state index contributed by atoms with van der Waals surface area (Å²) in [5.74, 6) is -0.0924. The molecule has 9 heteroatoms. The number of ether oxygens (including phenoxy) is 2. The third-order valence-electron chi connectivity index (χ3n) is 7.90. The maximum absolute atomic E-state index is 14.0. The Morgan fingerprint density at radius 3 is 2.60 bits per heavy atom. The first kappa shape index (κ1) is 28.1. The number of nitrogens with one attached hydrogen (secondary N) is 2. The SMILES string of the molecule is COCCCN1C(=O)C(C)(C)Oc2ccc(N(C(=O)[C@H]3CNC[C@@H](C(=O)NCc4ccccc4)C3)C3CC3)cc21. The summed E-state index contributed by atoms with van der Waals surface area (Å²) in [6.07, 6.45) is 3.06. The number of anilines is 2. The lowest BCUT2D eigenvalue weighted by Crippen LogP contribution is -2.53. The van der Waals surface area contributed by atoms with E-state index in [0.29, 0.717) is 57.1 Å². The fourth-order valence-corrected chi connectivity index (χ4v) is 5.60. The molecule has 0 unspecified atom stereocenters. The molecule has 2 fully saturated rings. The van der Waals surface area contributed by atoms with E-state index in [2.05, 4.69) is 10.6 Å². The van der Waals surface area contributed by atoms with Crippen LogP contribution in [-0.4, -0.2) is 62.7 Å². The van der Waals surface area contributed by atoms with E-state index in [4.69, 9.17) is 9.47 Å². The van der Waals surface area contributed by atoms with Gasteiger partial charge in [0, 0.05) is 51.6 Å². The summed E-state index contributed by atoms with van der Waals surface area (Å²) in [7, 11) is 1.65. The van der Waals surface area contributed by atoms with Crippen LogP contribution in [0.15, 0.2) is 48.5 Å². The van der Waals surface area contributed by atoms with E-state index >= 15 is 0 Å².